The quantitative estimate of drug-likeness (QED) is 0.793. The van der Waals surface area contributed by atoms with Crippen molar-refractivity contribution >= 4 is 40.9 Å². The van der Waals surface area contributed by atoms with E-state index in [1.165, 1.54) is 0 Å². The average molecular weight is 333 g/mol. The molecule has 0 radical (unpaired) electrons. The molecule has 0 aromatic heterocycles. The maximum atomic E-state index is 12.0. The fourth-order valence-electron chi connectivity index (χ4n) is 2.03. The van der Waals surface area contributed by atoms with Crippen LogP contribution in [0, 0.1) is 12.8 Å². The molecule has 1 aliphatic rings. The van der Waals surface area contributed by atoms with Crippen molar-refractivity contribution in [2.75, 3.05) is 18.5 Å². The lowest BCUT2D eigenvalue weighted by molar-refractivity contribution is -0.142. The number of benzene rings is 1. The van der Waals surface area contributed by atoms with Crippen LogP contribution in [0.4, 0.5) is 10.5 Å². The first-order chi connectivity index (χ1) is 9.90. The van der Waals surface area contributed by atoms with E-state index in [0.717, 1.165) is 5.56 Å². The summed E-state index contributed by atoms with van der Waals surface area (Å²) in [5.41, 5.74) is 1.06. The molecule has 2 atom stereocenters. The summed E-state index contributed by atoms with van der Waals surface area (Å²) in [6.07, 6.45) is 0. The molecule has 2 amide bonds. The fourth-order valence-corrected chi connectivity index (χ4v) is 2.49. The molecule has 0 spiro atoms. The Morgan fingerprint density at radius 1 is 1.33 bits per heavy atom. The van der Waals surface area contributed by atoms with Gasteiger partial charge >= 0.3 is 12.0 Å². The monoisotopic (exact) mass is 332 g/mol. The Morgan fingerprint density at radius 3 is 2.71 bits per heavy atom. The van der Waals surface area contributed by atoms with Crippen molar-refractivity contribution in [3.05, 3.63) is 27.7 Å². The maximum Gasteiger partial charge on any atom is 0.319 e. The molecule has 3 N–H and O–H groups in total. The number of hydrogen-bond acceptors (Lipinski definition) is 3. The number of hydrogen-bond donors (Lipinski definition) is 3. The van der Waals surface area contributed by atoms with Gasteiger partial charge < -0.3 is 20.5 Å². The number of amides is 2. The van der Waals surface area contributed by atoms with Crippen molar-refractivity contribution in [2.45, 2.75) is 13.0 Å². The summed E-state index contributed by atoms with van der Waals surface area (Å²) in [5.74, 6) is -1.77. The fraction of sp³-hybridized carbons (Fsp3) is 0.385. The summed E-state index contributed by atoms with van der Waals surface area (Å²) in [4.78, 5) is 23.0. The second-order valence-corrected chi connectivity index (χ2v) is 5.53. The molecule has 1 heterocycles. The summed E-state index contributed by atoms with van der Waals surface area (Å²) in [7, 11) is 0. The van der Waals surface area contributed by atoms with Crippen molar-refractivity contribution < 1.29 is 19.4 Å². The summed E-state index contributed by atoms with van der Waals surface area (Å²) in [6.45, 7) is 2.01. The zero-order valence-corrected chi connectivity index (χ0v) is 12.7. The van der Waals surface area contributed by atoms with Gasteiger partial charge in [0.2, 0.25) is 0 Å². The van der Waals surface area contributed by atoms with Crippen LogP contribution in [0.2, 0.25) is 10.0 Å². The van der Waals surface area contributed by atoms with Crippen LogP contribution in [0.3, 0.4) is 0 Å². The number of carboxylic acids is 1. The summed E-state index contributed by atoms with van der Waals surface area (Å²) < 4.78 is 5.07. The number of aryl methyl sites for hydroxylation is 1. The van der Waals surface area contributed by atoms with Crippen LogP contribution < -0.4 is 10.6 Å². The van der Waals surface area contributed by atoms with Crippen molar-refractivity contribution in [2.24, 2.45) is 5.92 Å². The predicted octanol–water partition coefficient (Wildman–Crippen LogP) is 2.52. The Balaban J connectivity index is 2.06. The smallest absolute Gasteiger partial charge is 0.319 e. The summed E-state index contributed by atoms with van der Waals surface area (Å²) >= 11 is 12.1. The zero-order chi connectivity index (χ0) is 15.6. The average Bonchev–Trinajstić information content (AvgIpc) is 2.87. The topological polar surface area (TPSA) is 87.7 Å². The summed E-state index contributed by atoms with van der Waals surface area (Å²) in [5, 5.41) is 14.8. The summed E-state index contributed by atoms with van der Waals surface area (Å²) in [6, 6.07) is 2.19. The molecule has 114 valence electrons. The zero-order valence-electron chi connectivity index (χ0n) is 11.2. The minimum atomic E-state index is -1.01. The minimum Gasteiger partial charge on any atom is -0.481 e. The van der Waals surface area contributed by atoms with Gasteiger partial charge in [-0.2, -0.15) is 0 Å². The molecule has 6 nitrogen and oxygen atoms in total. The molecule has 2 unspecified atom stereocenters. The van der Waals surface area contributed by atoms with Crippen LogP contribution in [0.1, 0.15) is 5.56 Å². The predicted molar refractivity (Wildman–Crippen MR) is 79.1 cm³/mol. The minimum absolute atomic E-state index is 0.0756. The lowest BCUT2D eigenvalue weighted by Gasteiger charge is -2.17. The second-order valence-electron chi connectivity index (χ2n) is 4.74. The maximum absolute atomic E-state index is 12.0. The van der Waals surface area contributed by atoms with Gasteiger partial charge in [0.1, 0.15) is 5.92 Å². The van der Waals surface area contributed by atoms with Gasteiger partial charge in [-0.25, -0.2) is 4.79 Å². The molecular weight excluding hydrogens is 319 g/mol. The Morgan fingerprint density at radius 2 is 2.05 bits per heavy atom. The van der Waals surface area contributed by atoms with Crippen LogP contribution in [-0.2, 0) is 9.53 Å². The van der Waals surface area contributed by atoms with Gasteiger partial charge in [-0.05, 0) is 18.6 Å². The van der Waals surface area contributed by atoms with Gasteiger partial charge in [0.05, 0.1) is 35.0 Å². The number of halogens is 2. The number of rotatable bonds is 3. The highest BCUT2D eigenvalue weighted by atomic mass is 35.5. The number of ether oxygens (including phenoxy) is 1. The van der Waals surface area contributed by atoms with E-state index in [0.29, 0.717) is 15.7 Å². The van der Waals surface area contributed by atoms with Gasteiger partial charge in [0.15, 0.2) is 0 Å². The highest BCUT2D eigenvalue weighted by Gasteiger charge is 2.35. The number of urea groups is 1. The molecule has 0 aliphatic carbocycles. The van der Waals surface area contributed by atoms with E-state index >= 15 is 0 Å². The lowest BCUT2D eigenvalue weighted by atomic mass is 10.0. The molecule has 1 fully saturated rings. The first-order valence-electron chi connectivity index (χ1n) is 6.23. The first-order valence-corrected chi connectivity index (χ1v) is 6.98. The van der Waals surface area contributed by atoms with E-state index in [-0.39, 0.29) is 13.2 Å². The highest BCUT2D eigenvalue weighted by molar-refractivity contribution is 6.40. The van der Waals surface area contributed by atoms with Crippen LogP contribution in [0.25, 0.3) is 0 Å². The van der Waals surface area contributed by atoms with Crippen LogP contribution in [-0.4, -0.2) is 36.4 Å². The van der Waals surface area contributed by atoms with Crippen molar-refractivity contribution in [1.29, 1.82) is 0 Å². The molecule has 0 bridgehead atoms. The van der Waals surface area contributed by atoms with Gasteiger partial charge in [-0.3, -0.25) is 4.79 Å². The molecule has 2 rings (SSSR count). The van der Waals surface area contributed by atoms with Crippen LogP contribution in [0.15, 0.2) is 12.1 Å². The molecular formula is C13H14Cl2N2O4. The van der Waals surface area contributed by atoms with Gasteiger partial charge in [-0.15, -0.1) is 0 Å². The number of carbonyl (C=O) groups is 2. The molecule has 1 aromatic carbocycles. The SMILES string of the molecule is Cc1ccc(Cl)c(NC(=O)NC2COCC2C(=O)O)c1Cl. The molecule has 0 saturated carbocycles. The van der Waals surface area contributed by atoms with E-state index in [9.17, 15) is 9.59 Å². The third-order valence-electron chi connectivity index (χ3n) is 3.24. The lowest BCUT2D eigenvalue weighted by Crippen LogP contribution is -2.44. The number of carbonyl (C=O) groups excluding carboxylic acids is 1. The molecule has 1 saturated heterocycles. The number of nitrogens with one attached hydrogen (secondary N) is 2. The van der Waals surface area contributed by atoms with Crippen LogP contribution in [0.5, 0.6) is 0 Å². The van der Waals surface area contributed by atoms with Crippen LogP contribution >= 0.6 is 23.2 Å². The van der Waals surface area contributed by atoms with E-state index in [1.54, 1.807) is 19.1 Å². The van der Waals surface area contributed by atoms with Gasteiger partial charge in [-0.1, -0.05) is 29.3 Å². The normalized spacial score (nSPS) is 21.1. The van der Waals surface area contributed by atoms with E-state index in [2.05, 4.69) is 10.6 Å². The first kappa shape index (κ1) is 15.9. The Kier molecular flexibility index (Phi) is 4.92. The number of anilines is 1. The van der Waals surface area contributed by atoms with Crippen molar-refractivity contribution in [3.8, 4) is 0 Å². The van der Waals surface area contributed by atoms with E-state index in [1.807, 2.05) is 0 Å². The molecule has 1 aromatic rings. The van der Waals surface area contributed by atoms with E-state index < -0.39 is 24.0 Å². The van der Waals surface area contributed by atoms with Crippen molar-refractivity contribution in [1.82, 2.24) is 5.32 Å². The Bertz CT molecular complexity index is 580. The van der Waals surface area contributed by atoms with Gasteiger partial charge in [0.25, 0.3) is 0 Å². The molecule has 1 aliphatic heterocycles. The largest absolute Gasteiger partial charge is 0.481 e. The third kappa shape index (κ3) is 3.58. The van der Waals surface area contributed by atoms with Crippen molar-refractivity contribution in [3.63, 3.8) is 0 Å². The Hall–Kier alpha value is -1.50. The number of aliphatic carboxylic acids is 1. The standard InChI is InChI=1S/C13H14Cl2N2O4/c1-6-2-3-8(14)11(10(6)15)17-13(20)16-9-5-21-4-7(9)12(18)19/h2-3,7,9H,4-5H2,1H3,(H,18,19)(H2,16,17,20). The highest BCUT2D eigenvalue weighted by Crippen LogP contribution is 2.32. The van der Waals surface area contributed by atoms with E-state index in [4.69, 9.17) is 33.0 Å². The third-order valence-corrected chi connectivity index (χ3v) is 4.04. The number of carboxylic acid groups (broad SMARTS) is 1. The second kappa shape index (κ2) is 6.51. The molecule has 8 heteroatoms. The van der Waals surface area contributed by atoms with Gasteiger partial charge in [0, 0.05) is 0 Å². The Labute approximate surface area is 131 Å². The molecule has 21 heavy (non-hydrogen) atoms.